The molecule has 1 unspecified atom stereocenters. The number of aromatic nitrogens is 1. The maximum Gasteiger partial charge on any atom is 0.404 e. The van der Waals surface area contributed by atoms with Gasteiger partial charge in [-0.3, -0.25) is 0 Å². The van der Waals surface area contributed by atoms with Crippen molar-refractivity contribution in [2.45, 2.75) is 38.7 Å². The van der Waals surface area contributed by atoms with E-state index in [4.69, 9.17) is 22.1 Å². The molecular formula is C20H25ClN2O4. The number of phenolic OH excluding ortho intramolecular Hbond substituents is 1. The fourth-order valence-corrected chi connectivity index (χ4v) is 3.15. The van der Waals surface area contributed by atoms with Gasteiger partial charge in [0.15, 0.2) is 0 Å². The number of ether oxygens (including phenoxy) is 1. The van der Waals surface area contributed by atoms with Crippen LogP contribution < -0.4 is 5.73 Å². The molecule has 1 amide bonds. The number of amides is 1. The molecule has 1 heterocycles. The van der Waals surface area contributed by atoms with Gasteiger partial charge >= 0.3 is 6.09 Å². The minimum absolute atomic E-state index is 0.000479. The summed E-state index contributed by atoms with van der Waals surface area (Å²) in [5.41, 5.74) is 4.71. The number of carbonyl (C=O) groups excluding carboxylic acids is 1. The number of phenols is 1. The summed E-state index contributed by atoms with van der Waals surface area (Å²) >= 11 is 5.89. The van der Waals surface area contributed by atoms with Gasteiger partial charge in [-0.05, 0) is 35.6 Å². The van der Waals surface area contributed by atoms with E-state index in [1.807, 2.05) is 20.8 Å². The molecule has 27 heavy (non-hydrogen) atoms. The highest BCUT2D eigenvalue weighted by Crippen LogP contribution is 2.46. The number of primary amides is 1. The molecule has 146 valence electrons. The second-order valence-corrected chi connectivity index (χ2v) is 7.99. The Labute approximate surface area is 163 Å². The van der Waals surface area contributed by atoms with Gasteiger partial charge in [-0.1, -0.05) is 50.6 Å². The Kier molecular flexibility index (Phi) is 6.34. The molecule has 0 radical (unpaired) electrons. The topological polar surface area (TPSA) is 106 Å². The van der Waals surface area contributed by atoms with E-state index in [2.05, 4.69) is 4.98 Å². The number of nitrogens with two attached hydrogens (primary N) is 1. The van der Waals surface area contributed by atoms with Crippen molar-refractivity contribution in [1.82, 2.24) is 4.98 Å². The van der Waals surface area contributed by atoms with Crippen molar-refractivity contribution in [3.05, 3.63) is 58.9 Å². The van der Waals surface area contributed by atoms with Crippen molar-refractivity contribution >= 4 is 17.7 Å². The molecule has 4 N–H and O–H groups in total. The lowest BCUT2D eigenvalue weighted by atomic mass is 9.67. The second-order valence-electron chi connectivity index (χ2n) is 7.60. The summed E-state index contributed by atoms with van der Waals surface area (Å²) in [7, 11) is 0. The summed E-state index contributed by atoms with van der Waals surface area (Å²) in [4.78, 5) is 15.2. The summed E-state index contributed by atoms with van der Waals surface area (Å²) in [6, 6.07) is 9.92. The van der Waals surface area contributed by atoms with Gasteiger partial charge in [-0.25, -0.2) is 9.78 Å². The van der Waals surface area contributed by atoms with Crippen LogP contribution in [0.1, 0.15) is 44.2 Å². The molecule has 0 aliphatic rings. The zero-order valence-electron chi connectivity index (χ0n) is 15.6. The summed E-state index contributed by atoms with van der Waals surface area (Å²) in [5, 5.41) is 21.5. The monoisotopic (exact) mass is 392 g/mol. The minimum Gasteiger partial charge on any atom is -0.508 e. The Morgan fingerprint density at radius 1 is 1.22 bits per heavy atom. The summed E-state index contributed by atoms with van der Waals surface area (Å²) < 4.78 is 5.03. The number of pyridine rings is 1. The molecule has 0 aliphatic heterocycles. The highest BCUT2D eigenvalue weighted by Gasteiger charge is 2.44. The van der Waals surface area contributed by atoms with Crippen molar-refractivity contribution in [2.24, 2.45) is 11.1 Å². The van der Waals surface area contributed by atoms with E-state index in [0.29, 0.717) is 10.7 Å². The van der Waals surface area contributed by atoms with Gasteiger partial charge in [0.1, 0.15) is 17.5 Å². The number of aromatic hydroxyl groups is 1. The zero-order valence-corrected chi connectivity index (χ0v) is 16.4. The average Bonchev–Trinajstić information content (AvgIpc) is 2.58. The first-order valence-electron chi connectivity index (χ1n) is 8.58. The third-order valence-electron chi connectivity index (χ3n) is 4.78. The number of rotatable bonds is 6. The largest absolute Gasteiger partial charge is 0.508 e. The molecule has 2 rings (SSSR count). The van der Waals surface area contributed by atoms with Crippen LogP contribution in [0.25, 0.3) is 0 Å². The molecule has 2 aromatic rings. The van der Waals surface area contributed by atoms with E-state index >= 15 is 0 Å². The van der Waals surface area contributed by atoms with Crippen LogP contribution in [-0.4, -0.2) is 27.9 Å². The molecule has 2 atom stereocenters. The van der Waals surface area contributed by atoms with E-state index in [0.717, 1.165) is 5.56 Å². The Bertz CT molecular complexity index is 772. The smallest absolute Gasteiger partial charge is 0.404 e. The fourth-order valence-electron chi connectivity index (χ4n) is 3.04. The van der Waals surface area contributed by atoms with Crippen molar-refractivity contribution in [3.8, 4) is 5.75 Å². The van der Waals surface area contributed by atoms with Gasteiger partial charge < -0.3 is 20.7 Å². The molecule has 7 heteroatoms. The number of hydrogen-bond acceptors (Lipinski definition) is 5. The minimum atomic E-state index is -1.28. The van der Waals surface area contributed by atoms with E-state index in [1.165, 1.54) is 0 Å². The lowest BCUT2D eigenvalue weighted by Gasteiger charge is -2.42. The van der Waals surface area contributed by atoms with E-state index in [-0.39, 0.29) is 24.7 Å². The quantitative estimate of drug-likeness (QED) is 0.645. The summed E-state index contributed by atoms with van der Waals surface area (Å²) in [6.07, 6.45) is 0.917. The number of benzene rings is 1. The zero-order chi connectivity index (χ0) is 20.2. The molecule has 0 saturated heterocycles. The Balaban J connectivity index is 2.44. The molecule has 1 aromatic heterocycles. The van der Waals surface area contributed by atoms with Gasteiger partial charge in [-0.15, -0.1) is 0 Å². The average molecular weight is 393 g/mol. The first-order chi connectivity index (χ1) is 12.5. The number of halogens is 1. The Morgan fingerprint density at radius 2 is 1.85 bits per heavy atom. The highest BCUT2D eigenvalue weighted by atomic mass is 35.5. The van der Waals surface area contributed by atoms with Crippen LogP contribution in [0, 0.1) is 5.41 Å². The van der Waals surface area contributed by atoms with Gasteiger partial charge in [0.2, 0.25) is 0 Å². The Hall–Kier alpha value is -2.31. The fraction of sp³-hybridized carbons (Fsp3) is 0.400. The van der Waals surface area contributed by atoms with Gasteiger partial charge in [-0.2, -0.15) is 0 Å². The van der Waals surface area contributed by atoms with Crippen LogP contribution in [0.4, 0.5) is 4.79 Å². The predicted octanol–water partition coefficient (Wildman–Crippen LogP) is 3.94. The SMILES string of the molecule is CC(C)(C)[C@](O)(CC(COC(N)=O)c1ccc(O)cc1)c1ccc(Cl)nc1. The van der Waals surface area contributed by atoms with Crippen molar-refractivity contribution < 1.29 is 19.7 Å². The van der Waals surface area contributed by atoms with E-state index < -0.39 is 17.1 Å². The van der Waals surface area contributed by atoms with Crippen LogP contribution in [0.2, 0.25) is 5.15 Å². The van der Waals surface area contributed by atoms with Crippen LogP contribution in [0.15, 0.2) is 42.6 Å². The third kappa shape index (κ3) is 5.11. The molecule has 1 aromatic carbocycles. The van der Waals surface area contributed by atoms with Crippen molar-refractivity contribution in [3.63, 3.8) is 0 Å². The van der Waals surface area contributed by atoms with Crippen LogP contribution in [0.5, 0.6) is 5.75 Å². The molecule has 0 fully saturated rings. The van der Waals surface area contributed by atoms with E-state index in [9.17, 15) is 15.0 Å². The first-order valence-corrected chi connectivity index (χ1v) is 8.96. The molecule has 6 nitrogen and oxygen atoms in total. The maximum absolute atomic E-state index is 11.7. The first kappa shape index (κ1) is 21.0. The standard InChI is InChI=1S/C20H25ClN2O4/c1-19(2,3)20(26,15-6-9-17(21)23-11-15)10-14(12-27-18(22)25)13-4-7-16(24)8-5-13/h4-9,11,14,24,26H,10,12H2,1-3H3,(H2,22,25)/t14?,20-/m0/s1. The van der Waals surface area contributed by atoms with Crippen LogP contribution in [0.3, 0.4) is 0 Å². The highest BCUT2D eigenvalue weighted by molar-refractivity contribution is 6.29. The number of nitrogens with zero attached hydrogens (tertiary/aromatic N) is 1. The molecular weight excluding hydrogens is 368 g/mol. The predicted molar refractivity (Wildman–Crippen MR) is 104 cm³/mol. The summed E-state index contributed by atoms with van der Waals surface area (Å²) in [5.74, 6) is -0.223. The molecule has 0 spiro atoms. The summed E-state index contributed by atoms with van der Waals surface area (Å²) in [6.45, 7) is 5.76. The lowest BCUT2D eigenvalue weighted by Crippen LogP contribution is -2.42. The number of hydrogen-bond donors (Lipinski definition) is 3. The van der Waals surface area contributed by atoms with Gasteiger partial charge in [0.25, 0.3) is 0 Å². The van der Waals surface area contributed by atoms with E-state index in [1.54, 1.807) is 42.6 Å². The Morgan fingerprint density at radius 3 is 2.33 bits per heavy atom. The van der Waals surface area contributed by atoms with Crippen molar-refractivity contribution in [2.75, 3.05) is 6.61 Å². The molecule has 0 bridgehead atoms. The van der Waals surface area contributed by atoms with Crippen LogP contribution >= 0.6 is 11.6 Å². The maximum atomic E-state index is 11.7. The lowest BCUT2D eigenvalue weighted by molar-refractivity contribution is -0.0796. The number of carbonyl (C=O) groups is 1. The van der Waals surface area contributed by atoms with Gasteiger partial charge in [0, 0.05) is 17.7 Å². The second kappa shape index (κ2) is 8.15. The molecule has 0 aliphatic carbocycles. The van der Waals surface area contributed by atoms with Crippen molar-refractivity contribution in [1.29, 1.82) is 0 Å². The normalized spacial score (nSPS) is 15.0. The van der Waals surface area contributed by atoms with Gasteiger partial charge in [0.05, 0.1) is 5.60 Å². The van der Waals surface area contributed by atoms with Crippen LogP contribution in [-0.2, 0) is 10.3 Å². The third-order valence-corrected chi connectivity index (χ3v) is 5.00. The molecule has 0 saturated carbocycles. The number of aliphatic hydroxyl groups is 1.